The summed E-state index contributed by atoms with van der Waals surface area (Å²) in [7, 11) is 1.96. The number of nitrogens with zero attached hydrogens (tertiary/aromatic N) is 5. The van der Waals surface area contributed by atoms with Gasteiger partial charge < -0.3 is 15.2 Å². The van der Waals surface area contributed by atoms with Crippen molar-refractivity contribution in [2.75, 3.05) is 0 Å². The van der Waals surface area contributed by atoms with E-state index in [9.17, 15) is 0 Å². The highest BCUT2D eigenvalue weighted by atomic mass is 15.3. The molecule has 0 fully saturated rings. The van der Waals surface area contributed by atoms with E-state index in [4.69, 9.17) is 4.99 Å². The van der Waals surface area contributed by atoms with E-state index in [-0.39, 0.29) is 6.04 Å². The maximum Gasteiger partial charge on any atom is 0.192 e. The normalized spacial score (nSPS) is 12.7. The summed E-state index contributed by atoms with van der Waals surface area (Å²) in [6.45, 7) is 5.14. The third kappa shape index (κ3) is 4.88. The van der Waals surface area contributed by atoms with Crippen LogP contribution in [-0.2, 0) is 20.1 Å². The molecule has 0 saturated heterocycles. The zero-order chi connectivity index (χ0) is 21.6. The fourth-order valence-corrected chi connectivity index (χ4v) is 3.41. The van der Waals surface area contributed by atoms with Crippen molar-refractivity contribution in [2.45, 2.75) is 33.0 Å². The number of aryl methyl sites for hydroxylation is 1. The van der Waals surface area contributed by atoms with E-state index in [1.165, 1.54) is 5.56 Å². The molecule has 2 aromatic carbocycles. The number of fused-ring (bicyclic) bond motifs is 1. The molecule has 1 atom stereocenters. The number of aromatic nitrogens is 4. The van der Waals surface area contributed by atoms with Gasteiger partial charge >= 0.3 is 0 Å². The van der Waals surface area contributed by atoms with Crippen LogP contribution in [0.15, 0.2) is 71.9 Å². The average molecular weight is 414 g/mol. The molecule has 158 valence electrons. The summed E-state index contributed by atoms with van der Waals surface area (Å²) in [6.07, 6.45) is 1.84. The van der Waals surface area contributed by atoms with Crippen molar-refractivity contribution in [3.05, 3.63) is 89.6 Å². The highest BCUT2D eigenvalue weighted by Gasteiger charge is 2.11. The lowest BCUT2D eigenvalue weighted by Gasteiger charge is -2.19. The van der Waals surface area contributed by atoms with Crippen LogP contribution in [-0.4, -0.2) is 25.7 Å². The molecule has 1 unspecified atom stereocenters. The van der Waals surface area contributed by atoms with Gasteiger partial charge in [0.1, 0.15) is 5.82 Å². The lowest BCUT2D eigenvalue weighted by Crippen LogP contribution is -2.39. The Bertz CT molecular complexity index is 1180. The summed E-state index contributed by atoms with van der Waals surface area (Å²) in [5, 5.41) is 16.4. The molecule has 7 heteroatoms. The third-order valence-electron chi connectivity index (χ3n) is 5.40. The van der Waals surface area contributed by atoms with Crippen LogP contribution in [0.4, 0.5) is 0 Å². The topological polar surface area (TPSA) is 80.0 Å². The molecule has 4 rings (SSSR count). The second-order valence-electron chi connectivity index (χ2n) is 7.50. The Morgan fingerprint density at radius 3 is 2.58 bits per heavy atom. The molecular weight excluding hydrogens is 386 g/mol. The van der Waals surface area contributed by atoms with Crippen LogP contribution in [0.5, 0.6) is 0 Å². The molecule has 2 N–H and O–H groups in total. The van der Waals surface area contributed by atoms with Gasteiger partial charge in [0.2, 0.25) is 0 Å². The van der Waals surface area contributed by atoms with Gasteiger partial charge in [0, 0.05) is 18.6 Å². The Balaban J connectivity index is 1.56. The van der Waals surface area contributed by atoms with Gasteiger partial charge in [-0.15, -0.1) is 10.2 Å². The fourth-order valence-electron chi connectivity index (χ4n) is 3.41. The van der Waals surface area contributed by atoms with E-state index in [2.05, 4.69) is 50.9 Å². The number of pyridine rings is 1. The van der Waals surface area contributed by atoms with Crippen molar-refractivity contribution in [1.82, 2.24) is 30.4 Å². The summed E-state index contributed by atoms with van der Waals surface area (Å²) in [6, 6.07) is 20.6. The molecule has 0 aliphatic rings. The van der Waals surface area contributed by atoms with Crippen molar-refractivity contribution in [3.63, 3.8) is 0 Å². The molecule has 0 spiro atoms. The second-order valence-corrected chi connectivity index (χ2v) is 7.50. The zero-order valence-corrected chi connectivity index (χ0v) is 18.1. The number of hydrogen-bond acceptors (Lipinski definition) is 4. The summed E-state index contributed by atoms with van der Waals surface area (Å²) in [4.78, 5) is 9.32. The fraction of sp³-hybridized carbons (Fsp3) is 0.250. The Morgan fingerprint density at radius 2 is 1.81 bits per heavy atom. The van der Waals surface area contributed by atoms with Gasteiger partial charge in [-0.3, -0.25) is 4.98 Å². The molecule has 4 aromatic rings. The number of nitrogens with one attached hydrogen (secondary N) is 2. The zero-order valence-electron chi connectivity index (χ0n) is 18.1. The van der Waals surface area contributed by atoms with Crippen LogP contribution >= 0.6 is 0 Å². The third-order valence-corrected chi connectivity index (χ3v) is 5.40. The van der Waals surface area contributed by atoms with E-state index in [0.717, 1.165) is 34.1 Å². The first-order chi connectivity index (χ1) is 15.1. The first-order valence-corrected chi connectivity index (χ1v) is 10.4. The highest BCUT2D eigenvalue weighted by Crippen LogP contribution is 2.17. The predicted octanol–water partition coefficient (Wildman–Crippen LogP) is 3.67. The van der Waals surface area contributed by atoms with Gasteiger partial charge in [-0.2, -0.15) is 0 Å². The molecule has 0 aliphatic carbocycles. The van der Waals surface area contributed by atoms with Crippen molar-refractivity contribution in [2.24, 2.45) is 12.0 Å². The van der Waals surface area contributed by atoms with E-state index >= 15 is 0 Å². The van der Waals surface area contributed by atoms with E-state index in [1.807, 2.05) is 67.2 Å². The van der Waals surface area contributed by atoms with Crippen molar-refractivity contribution in [1.29, 1.82) is 0 Å². The van der Waals surface area contributed by atoms with E-state index in [0.29, 0.717) is 13.1 Å². The largest absolute Gasteiger partial charge is 0.350 e. The first-order valence-electron chi connectivity index (χ1n) is 10.4. The molecule has 7 nitrogen and oxygen atoms in total. The monoisotopic (exact) mass is 413 g/mol. The molecule has 0 aliphatic heterocycles. The number of hydrogen-bond donors (Lipinski definition) is 2. The van der Waals surface area contributed by atoms with Crippen LogP contribution in [0.25, 0.3) is 10.9 Å². The Labute approximate surface area is 182 Å². The van der Waals surface area contributed by atoms with Gasteiger partial charge in [-0.05, 0) is 37.1 Å². The maximum atomic E-state index is 4.87. The summed E-state index contributed by atoms with van der Waals surface area (Å²) in [5.74, 6) is 2.45. The molecule has 2 heterocycles. The van der Waals surface area contributed by atoms with Crippen LogP contribution in [0.2, 0.25) is 0 Å². The molecule has 0 saturated carbocycles. The first kappa shape index (κ1) is 20.5. The van der Waals surface area contributed by atoms with Crippen LogP contribution in [0.3, 0.4) is 0 Å². The lowest BCUT2D eigenvalue weighted by atomic mass is 10.1. The molecule has 0 radical (unpaired) electrons. The quantitative estimate of drug-likeness (QED) is 0.372. The van der Waals surface area contributed by atoms with Crippen LogP contribution in [0.1, 0.15) is 35.7 Å². The minimum Gasteiger partial charge on any atom is -0.350 e. The molecule has 0 amide bonds. The van der Waals surface area contributed by atoms with E-state index in [1.54, 1.807) is 0 Å². The Morgan fingerprint density at radius 1 is 1.03 bits per heavy atom. The SMILES string of the molecule is Cc1nnc(CNC(=NCc2ccnc3ccccc23)NC(C)c2ccccc2)n1C. The minimum absolute atomic E-state index is 0.0999. The smallest absolute Gasteiger partial charge is 0.192 e. The average Bonchev–Trinajstić information content (AvgIpc) is 3.13. The number of aliphatic imine (C=N–C) groups is 1. The van der Waals surface area contributed by atoms with Crippen LogP contribution in [0, 0.1) is 6.92 Å². The van der Waals surface area contributed by atoms with Gasteiger partial charge in [0.15, 0.2) is 11.8 Å². The molecule has 0 bridgehead atoms. The standard InChI is InChI=1S/C24H27N7/c1-17(19-9-5-4-6-10-19)28-24(27-16-23-30-29-18(2)31(23)3)26-15-20-13-14-25-22-12-8-7-11-21(20)22/h4-14,17H,15-16H2,1-3H3,(H2,26,27,28). The Hall–Kier alpha value is -3.74. The van der Waals surface area contributed by atoms with Crippen LogP contribution < -0.4 is 10.6 Å². The van der Waals surface area contributed by atoms with Gasteiger partial charge in [0.25, 0.3) is 0 Å². The number of para-hydroxylation sites is 1. The minimum atomic E-state index is 0.0999. The van der Waals surface area contributed by atoms with Crippen molar-refractivity contribution >= 4 is 16.9 Å². The summed E-state index contributed by atoms with van der Waals surface area (Å²) in [5.41, 5.74) is 3.30. The molecular formula is C24H27N7. The predicted molar refractivity (Wildman–Crippen MR) is 123 cm³/mol. The maximum absolute atomic E-state index is 4.87. The van der Waals surface area contributed by atoms with Crippen molar-refractivity contribution in [3.8, 4) is 0 Å². The summed E-state index contributed by atoms with van der Waals surface area (Å²) >= 11 is 0. The van der Waals surface area contributed by atoms with Crippen molar-refractivity contribution < 1.29 is 0 Å². The van der Waals surface area contributed by atoms with E-state index < -0.39 is 0 Å². The molecule has 31 heavy (non-hydrogen) atoms. The highest BCUT2D eigenvalue weighted by molar-refractivity contribution is 5.83. The molecule has 2 aromatic heterocycles. The van der Waals surface area contributed by atoms with Gasteiger partial charge in [-0.25, -0.2) is 4.99 Å². The number of rotatable bonds is 6. The lowest BCUT2D eigenvalue weighted by molar-refractivity contribution is 0.664. The summed E-state index contributed by atoms with van der Waals surface area (Å²) < 4.78 is 1.97. The number of guanidine groups is 1. The Kier molecular flexibility index (Phi) is 6.21. The number of benzene rings is 2. The van der Waals surface area contributed by atoms with Gasteiger partial charge in [-0.1, -0.05) is 48.5 Å². The van der Waals surface area contributed by atoms with Gasteiger partial charge in [0.05, 0.1) is 24.6 Å². The second kappa shape index (κ2) is 9.38.